The van der Waals surface area contributed by atoms with Crippen molar-refractivity contribution >= 4 is 66.5 Å². The molecule has 0 aliphatic heterocycles. The summed E-state index contributed by atoms with van der Waals surface area (Å²) in [4.78, 5) is 0. The lowest BCUT2D eigenvalue weighted by Gasteiger charge is -2.28. The number of aromatic nitrogens is 1. The van der Waals surface area contributed by atoms with Crippen LogP contribution >= 0.6 is 0 Å². The minimum Gasteiger partial charge on any atom is -0.452 e. The number of nitrogens with zero attached hydrogens (tertiary/aromatic N) is 3. The molecular formula is C38H21N3O2. The lowest BCUT2D eigenvalue weighted by molar-refractivity contribution is 0.578. The molecule has 7 aromatic rings. The first kappa shape index (κ1) is 23.7. The Labute approximate surface area is 246 Å². The van der Waals surface area contributed by atoms with Gasteiger partial charge in [-0.3, -0.25) is 0 Å². The predicted octanol–water partition coefficient (Wildman–Crippen LogP) is 9.25. The maximum Gasteiger partial charge on any atom is 0.185 e. The van der Waals surface area contributed by atoms with Gasteiger partial charge in [-0.05, 0) is 85.5 Å². The first-order valence-electron chi connectivity index (χ1n) is 14.4. The van der Waals surface area contributed by atoms with E-state index < -0.39 is 0 Å². The predicted molar refractivity (Wildman–Crippen MR) is 168 cm³/mol. The van der Waals surface area contributed by atoms with E-state index in [9.17, 15) is 10.5 Å². The lowest BCUT2D eigenvalue weighted by Crippen LogP contribution is -2.16. The van der Waals surface area contributed by atoms with Gasteiger partial charge >= 0.3 is 0 Å². The molecule has 5 nitrogen and oxygen atoms in total. The van der Waals surface area contributed by atoms with Crippen LogP contribution in [-0.2, 0) is 6.42 Å². The smallest absolute Gasteiger partial charge is 0.185 e. The zero-order valence-corrected chi connectivity index (χ0v) is 22.9. The molecule has 1 atom stereocenters. The van der Waals surface area contributed by atoms with Gasteiger partial charge in [0.05, 0.1) is 40.0 Å². The van der Waals surface area contributed by atoms with Crippen LogP contribution in [0.1, 0.15) is 29.7 Å². The number of hydrogen-bond donors (Lipinski definition) is 0. The molecule has 2 aliphatic carbocycles. The van der Waals surface area contributed by atoms with Crippen molar-refractivity contribution in [2.24, 2.45) is 5.92 Å². The Morgan fingerprint density at radius 1 is 0.837 bits per heavy atom. The van der Waals surface area contributed by atoms with Crippen LogP contribution in [0.15, 0.2) is 98.9 Å². The number of para-hydroxylation sites is 1. The molecule has 0 saturated carbocycles. The Balaban J connectivity index is 1.21. The summed E-state index contributed by atoms with van der Waals surface area (Å²) in [5, 5.41) is 25.1. The molecule has 43 heavy (non-hydrogen) atoms. The first-order valence-corrected chi connectivity index (χ1v) is 14.4. The van der Waals surface area contributed by atoms with Crippen molar-refractivity contribution in [1.82, 2.24) is 4.57 Å². The molecule has 2 aliphatic rings. The lowest BCUT2D eigenvalue weighted by atomic mass is 9.81. The van der Waals surface area contributed by atoms with Crippen molar-refractivity contribution in [3.8, 4) is 12.1 Å². The normalized spacial score (nSPS) is 16.5. The Hall–Kier alpha value is -5.96. The Bertz CT molecular complexity index is 2520. The number of nitriles is 2. The van der Waals surface area contributed by atoms with E-state index in [1.165, 1.54) is 0 Å². The molecule has 4 aromatic carbocycles. The fraction of sp³-hybridized carbons (Fsp3) is 0.105. The minimum absolute atomic E-state index is 0.0517. The second-order valence-corrected chi connectivity index (χ2v) is 11.2. The van der Waals surface area contributed by atoms with Crippen LogP contribution in [0.2, 0.25) is 0 Å². The first-order chi connectivity index (χ1) is 21.2. The van der Waals surface area contributed by atoms with Crippen LogP contribution in [-0.4, -0.2) is 4.57 Å². The van der Waals surface area contributed by atoms with Gasteiger partial charge in [0.15, 0.2) is 16.7 Å². The Morgan fingerprint density at radius 3 is 2.60 bits per heavy atom. The molecule has 0 radical (unpaired) electrons. The average Bonchev–Trinajstić information content (AvgIpc) is 3.73. The largest absolute Gasteiger partial charge is 0.452 e. The molecule has 0 spiro atoms. The van der Waals surface area contributed by atoms with E-state index in [1.54, 1.807) is 0 Å². The third-order valence-electron chi connectivity index (χ3n) is 8.99. The third-order valence-corrected chi connectivity index (χ3v) is 8.99. The van der Waals surface area contributed by atoms with E-state index in [0.29, 0.717) is 17.6 Å². The fourth-order valence-electron chi connectivity index (χ4n) is 7.08. The number of benzene rings is 3. The van der Waals surface area contributed by atoms with E-state index in [2.05, 4.69) is 71.3 Å². The Morgan fingerprint density at radius 2 is 1.70 bits per heavy atom. The molecule has 0 fully saturated rings. The molecule has 9 rings (SSSR count). The van der Waals surface area contributed by atoms with Crippen molar-refractivity contribution in [2.45, 2.75) is 19.3 Å². The zero-order valence-electron chi connectivity index (χ0n) is 22.9. The van der Waals surface area contributed by atoms with Crippen LogP contribution in [0.25, 0.3) is 66.5 Å². The van der Waals surface area contributed by atoms with Crippen molar-refractivity contribution in [3.05, 3.63) is 119 Å². The summed E-state index contributed by atoms with van der Waals surface area (Å²) in [6, 6.07) is 33.0. The number of furan rings is 2. The summed E-state index contributed by atoms with van der Waals surface area (Å²) in [6.45, 7) is 0. The third kappa shape index (κ3) is 3.27. The van der Waals surface area contributed by atoms with E-state index in [4.69, 9.17) is 8.83 Å². The van der Waals surface area contributed by atoms with Gasteiger partial charge in [-0.2, -0.15) is 10.5 Å². The number of hydrogen-bond acceptors (Lipinski definition) is 4. The van der Waals surface area contributed by atoms with E-state index >= 15 is 0 Å². The number of rotatable bonds is 2. The van der Waals surface area contributed by atoms with E-state index in [1.807, 2.05) is 42.5 Å². The monoisotopic (exact) mass is 551 g/mol. The van der Waals surface area contributed by atoms with Gasteiger partial charge in [0.1, 0.15) is 5.76 Å². The fourth-order valence-corrected chi connectivity index (χ4v) is 7.08. The average molecular weight is 552 g/mol. The SMILES string of the molecule is N#CC1=C(n2c3ccccc3c3cc(C#N)ccc32)C(C2C=Cc3oc4c(ccc5c6ccc#cc6oc54)c3C2)=CCC1. The summed E-state index contributed by atoms with van der Waals surface area (Å²) >= 11 is 0. The minimum atomic E-state index is 0.0517. The van der Waals surface area contributed by atoms with Gasteiger partial charge in [0.25, 0.3) is 0 Å². The molecule has 200 valence electrons. The zero-order chi connectivity index (χ0) is 28.7. The van der Waals surface area contributed by atoms with Gasteiger partial charge in [-0.15, -0.1) is 0 Å². The summed E-state index contributed by atoms with van der Waals surface area (Å²) in [5.41, 5.74) is 8.80. The van der Waals surface area contributed by atoms with Crippen molar-refractivity contribution in [2.75, 3.05) is 0 Å². The number of allylic oxidation sites excluding steroid dienone is 5. The van der Waals surface area contributed by atoms with Crippen LogP contribution in [0.3, 0.4) is 0 Å². The van der Waals surface area contributed by atoms with E-state index in [0.717, 1.165) is 90.1 Å². The standard InChI is InChI=1S/C38H21N3O2/c39-20-22-12-16-33-30(18-22)26-7-1-3-10-32(26)41(33)36-24(21-40)6-5-9-25(36)23-13-17-35-31(19-23)29-15-14-28-27-8-2-4-11-34(27)42-37(28)38(29)43-35/h1-3,7-10,12-18,23H,5-6,19H2. The molecule has 3 heterocycles. The van der Waals surface area contributed by atoms with Crippen LogP contribution in [0.5, 0.6) is 0 Å². The molecule has 0 amide bonds. The molecule has 5 heteroatoms. The second kappa shape index (κ2) is 8.77. The topological polar surface area (TPSA) is 78.8 Å². The second-order valence-electron chi connectivity index (χ2n) is 11.2. The number of fused-ring (bicyclic) bond motifs is 10. The molecule has 0 N–H and O–H groups in total. The Kier molecular flexibility index (Phi) is 4.84. The van der Waals surface area contributed by atoms with Gasteiger partial charge in [-0.25, -0.2) is 0 Å². The van der Waals surface area contributed by atoms with Crippen molar-refractivity contribution in [3.63, 3.8) is 0 Å². The summed E-state index contributed by atoms with van der Waals surface area (Å²) in [7, 11) is 0. The highest BCUT2D eigenvalue weighted by atomic mass is 16.4. The van der Waals surface area contributed by atoms with Crippen molar-refractivity contribution in [1.29, 1.82) is 10.5 Å². The van der Waals surface area contributed by atoms with Crippen LogP contribution in [0, 0.1) is 40.7 Å². The highest BCUT2D eigenvalue weighted by molar-refractivity contribution is 6.14. The molecular weight excluding hydrogens is 530 g/mol. The van der Waals surface area contributed by atoms with Crippen molar-refractivity contribution < 1.29 is 8.83 Å². The summed E-state index contributed by atoms with van der Waals surface area (Å²) < 4.78 is 14.9. The molecule has 1 unspecified atom stereocenters. The maximum atomic E-state index is 10.4. The summed E-state index contributed by atoms with van der Waals surface area (Å²) in [5.74, 6) is 0.897. The molecule has 0 bridgehead atoms. The molecule has 3 aromatic heterocycles. The highest BCUT2D eigenvalue weighted by Gasteiger charge is 2.30. The van der Waals surface area contributed by atoms with Crippen LogP contribution in [0.4, 0.5) is 0 Å². The van der Waals surface area contributed by atoms with E-state index in [-0.39, 0.29) is 5.92 Å². The van der Waals surface area contributed by atoms with Gasteiger partial charge in [0, 0.05) is 38.4 Å². The highest BCUT2D eigenvalue weighted by Crippen LogP contribution is 2.45. The van der Waals surface area contributed by atoms with Gasteiger partial charge in [-0.1, -0.05) is 36.4 Å². The maximum absolute atomic E-state index is 10.4. The molecule has 0 saturated heterocycles. The quantitative estimate of drug-likeness (QED) is 0.214. The van der Waals surface area contributed by atoms with Gasteiger partial charge in [0.2, 0.25) is 0 Å². The van der Waals surface area contributed by atoms with Crippen LogP contribution < -0.4 is 0 Å². The summed E-state index contributed by atoms with van der Waals surface area (Å²) in [6.07, 6.45) is 8.82. The van der Waals surface area contributed by atoms with Gasteiger partial charge < -0.3 is 13.4 Å².